The first-order valence-corrected chi connectivity index (χ1v) is 5.44. The number of piperidine rings is 1. The van der Waals surface area contributed by atoms with E-state index in [0.29, 0.717) is 19.4 Å². The molecule has 0 aliphatic carbocycles. The first-order valence-electron chi connectivity index (χ1n) is 5.44. The minimum absolute atomic E-state index is 0.0577. The van der Waals surface area contributed by atoms with Gasteiger partial charge in [0, 0.05) is 26.1 Å². The molecular weight excluding hydrogens is 226 g/mol. The van der Waals surface area contributed by atoms with E-state index in [-0.39, 0.29) is 11.9 Å². The number of hydrogen-bond donors (Lipinski definition) is 3. The van der Waals surface area contributed by atoms with E-state index < -0.39 is 18.0 Å². The third-order valence-corrected chi connectivity index (χ3v) is 2.68. The number of likely N-dealkylation sites (tertiary alicyclic amines) is 1. The summed E-state index contributed by atoms with van der Waals surface area (Å²) in [5.41, 5.74) is 0. The molecule has 96 valence electrons. The molecule has 1 saturated heterocycles. The number of amides is 3. The van der Waals surface area contributed by atoms with Crippen molar-refractivity contribution in [3.8, 4) is 0 Å². The summed E-state index contributed by atoms with van der Waals surface area (Å²) in [6.07, 6.45) is 0.980. The van der Waals surface area contributed by atoms with Crippen LogP contribution in [0.1, 0.15) is 19.8 Å². The maximum atomic E-state index is 11.4. The first-order chi connectivity index (χ1) is 7.90. The Bertz CT molecular complexity index is 332. The summed E-state index contributed by atoms with van der Waals surface area (Å²) in [7, 11) is 1.67. The molecule has 0 spiro atoms. The zero-order chi connectivity index (χ0) is 13.0. The van der Waals surface area contributed by atoms with Gasteiger partial charge in [-0.05, 0) is 13.3 Å². The molecule has 1 fully saturated rings. The van der Waals surface area contributed by atoms with Crippen LogP contribution in [0.3, 0.4) is 0 Å². The maximum Gasteiger partial charge on any atom is 0.325 e. The SMILES string of the molecule is CC(NC(=O)NC1CCC(=O)N(C)C1)C(=O)O. The monoisotopic (exact) mass is 243 g/mol. The van der Waals surface area contributed by atoms with E-state index in [1.807, 2.05) is 0 Å². The molecule has 1 rings (SSSR count). The molecule has 0 saturated carbocycles. The molecule has 0 aromatic carbocycles. The number of carbonyl (C=O) groups excluding carboxylic acids is 2. The number of carbonyl (C=O) groups is 3. The van der Waals surface area contributed by atoms with Crippen molar-refractivity contribution in [3.05, 3.63) is 0 Å². The predicted octanol–water partition coefficient (Wildman–Crippen LogP) is -0.620. The van der Waals surface area contributed by atoms with Gasteiger partial charge in [-0.3, -0.25) is 9.59 Å². The van der Waals surface area contributed by atoms with Gasteiger partial charge in [-0.2, -0.15) is 0 Å². The minimum atomic E-state index is -1.09. The second-order valence-electron chi connectivity index (χ2n) is 4.19. The van der Waals surface area contributed by atoms with Gasteiger partial charge in [0.05, 0.1) is 0 Å². The summed E-state index contributed by atoms with van der Waals surface area (Å²) in [6.45, 7) is 1.84. The van der Waals surface area contributed by atoms with Crippen LogP contribution in [0, 0.1) is 0 Å². The van der Waals surface area contributed by atoms with Gasteiger partial charge in [-0.15, -0.1) is 0 Å². The Morgan fingerprint density at radius 3 is 2.71 bits per heavy atom. The fraction of sp³-hybridized carbons (Fsp3) is 0.700. The maximum absolute atomic E-state index is 11.4. The van der Waals surface area contributed by atoms with E-state index in [1.54, 1.807) is 11.9 Å². The van der Waals surface area contributed by atoms with Crippen molar-refractivity contribution in [2.45, 2.75) is 31.8 Å². The number of hydrogen-bond acceptors (Lipinski definition) is 3. The van der Waals surface area contributed by atoms with Crippen molar-refractivity contribution in [2.24, 2.45) is 0 Å². The largest absolute Gasteiger partial charge is 0.480 e. The van der Waals surface area contributed by atoms with Crippen LogP contribution in [-0.4, -0.2) is 53.6 Å². The molecule has 1 aliphatic rings. The number of urea groups is 1. The van der Waals surface area contributed by atoms with Gasteiger partial charge in [0.2, 0.25) is 5.91 Å². The summed E-state index contributed by atoms with van der Waals surface area (Å²) < 4.78 is 0. The Hall–Kier alpha value is -1.79. The van der Waals surface area contributed by atoms with Crippen molar-refractivity contribution >= 4 is 17.9 Å². The number of likely N-dealkylation sites (N-methyl/N-ethyl adjacent to an activating group) is 1. The fourth-order valence-corrected chi connectivity index (χ4v) is 1.62. The smallest absolute Gasteiger partial charge is 0.325 e. The molecule has 0 aromatic rings. The van der Waals surface area contributed by atoms with Gasteiger partial charge in [0.1, 0.15) is 6.04 Å². The quantitative estimate of drug-likeness (QED) is 0.615. The average Bonchev–Trinajstić information content (AvgIpc) is 2.23. The third-order valence-electron chi connectivity index (χ3n) is 2.68. The highest BCUT2D eigenvalue weighted by molar-refractivity contribution is 5.82. The lowest BCUT2D eigenvalue weighted by atomic mass is 10.1. The Labute approximate surface area is 99.2 Å². The molecule has 17 heavy (non-hydrogen) atoms. The van der Waals surface area contributed by atoms with Crippen molar-refractivity contribution in [3.63, 3.8) is 0 Å². The molecule has 7 nitrogen and oxygen atoms in total. The summed E-state index contributed by atoms with van der Waals surface area (Å²) >= 11 is 0. The zero-order valence-corrected chi connectivity index (χ0v) is 9.90. The summed E-state index contributed by atoms with van der Waals surface area (Å²) in [5, 5.41) is 13.6. The van der Waals surface area contributed by atoms with Crippen LogP contribution in [-0.2, 0) is 9.59 Å². The van der Waals surface area contributed by atoms with E-state index >= 15 is 0 Å². The number of nitrogens with zero attached hydrogens (tertiary/aromatic N) is 1. The van der Waals surface area contributed by atoms with Gasteiger partial charge >= 0.3 is 12.0 Å². The molecule has 2 atom stereocenters. The predicted molar refractivity (Wildman–Crippen MR) is 59.4 cm³/mol. The van der Waals surface area contributed by atoms with E-state index in [0.717, 1.165) is 0 Å². The Morgan fingerprint density at radius 2 is 2.18 bits per heavy atom. The summed E-state index contributed by atoms with van der Waals surface area (Å²) in [6, 6.07) is -1.58. The zero-order valence-electron chi connectivity index (χ0n) is 9.90. The second kappa shape index (κ2) is 5.51. The Morgan fingerprint density at radius 1 is 1.53 bits per heavy atom. The van der Waals surface area contributed by atoms with E-state index in [4.69, 9.17) is 5.11 Å². The van der Waals surface area contributed by atoms with E-state index in [9.17, 15) is 14.4 Å². The lowest BCUT2D eigenvalue weighted by Crippen LogP contribution is -2.53. The molecule has 0 radical (unpaired) electrons. The standard InChI is InChI=1S/C10H17N3O4/c1-6(9(15)16)11-10(17)12-7-3-4-8(14)13(2)5-7/h6-7H,3-5H2,1-2H3,(H,15,16)(H2,11,12,17). The van der Waals surface area contributed by atoms with Crippen molar-refractivity contribution in [2.75, 3.05) is 13.6 Å². The number of rotatable bonds is 3. The number of carboxylic acids is 1. The van der Waals surface area contributed by atoms with E-state index in [1.165, 1.54) is 6.92 Å². The molecule has 3 amide bonds. The summed E-state index contributed by atoms with van der Waals surface area (Å²) in [4.78, 5) is 34.7. The molecule has 2 unspecified atom stereocenters. The van der Waals surface area contributed by atoms with Crippen LogP contribution < -0.4 is 10.6 Å². The fourth-order valence-electron chi connectivity index (χ4n) is 1.62. The molecule has 1 heterocycles. The van der Waals surface area contributed by atoms with Crippen LogP contribution in [0.2, 0.25) is 0 Å². The number of carboxylic acid groups (broad SMARTS) is 1. The molecular formula is C10H17N3O4. The Balaban J connectivity index is 2.37. The molecule has 7 heteroatoms. The van der Waals surface area contributed by atoms with Crippen LogP contribution >= 0.6 is 0 Å². The molecule has 1 aliphatic heterocycles. The van der Waals surface area contributed by atoms with Crippen LogP contribution in [0.5, 0.6) is 0 Å². The Kier molecular flexibility index (Phi) is 4.30. The first kappa shape index (κ1) is 13.3. The van der Waals surface area contributed by atoms with Crippen molar-refractivity contribution in [1.82, 2.24) is 15.5 Å². The van der Waals surface area contributed by atoms with Gasteiger partial charge in [0.15, 0.2) is 0 Å². The van der Waals surface area contributed by atoms with Crippen LogP contribution in [0.15, 0.2) is 0 Å². The van der Waals surface area contributed by atoms with Crippen molar-refractivity contribution in [1.29, 1.82) is 0 Å². The van der Waals surface area contributed by atoms with Crippen LogP contribution in [0.25, 0.3) is 0 Å². The van der Waals surface area contributed by atoms with Gasteiger partial charge in [-0.1, -0.05) is 0 Å². The lowest BCUT2D eigenvalue weighted by Gasteiger charge is -2.30. The second-order valence-corrected chi connectivity index (χ2v) is 4.19. The average molecular weight is 243 g/mol. The number of nitrogens with one attached hydrogen (secondary N) is 2. The topological polar surface area (TPSA) is 98.7 Å². The molecule has 0 bridgehead atoms. The number of aliphatic carboxylic acids is 1. The lowest BCUT2D eigenvalue weighted by molar-refractivity contribution is -0.138. The minimum Gasteiger partial charge on any atom is -0.480 e. The molecule has 0 aromatic heterocycles. The highest BCUT2D eigenvalue weighted by atomic mass is 16.4. The van der Waals surface area contributed by atoms with Gasteiger partial charge in [0.25, 0.3) is 0 Å². The molecule has 3 N–H and O–H groups in total. The van der Waals surface area contributed by atoms with E-state index in [2.05, 4.69) is 10.6 Å². The highest BCUT2D eigenvalue weighted by Crippen LogP contribution is 2.09. The third kappa shape index (κ3) is 3.93. The van der Waals surface area contributed by atoms with Gasteiger partial charge in [-0.25, -0.2) is 4.79 Å². The summed E-state index contributed by atoms with van der Waals surface area (Å²) in [5.74, 6) is -1.03. The van der Waals surface area contributed by atoms with Crippen LogP contribution in [0.4, 0.5) is 4.79 Å². The van der Waals surface area contributed by atoms with Gasteiger partial charge < -0.3 is 20.6 Å². The van der Waals surface area contributed by atoms with Crippen molar-refractivity contribution < 1.29 is 19.5 Å². The highest BCUT2D eigenvalue weighted by Gasteiger charge is 2.24. The normalized spacial score (nSPS) is 21.9.